The topological polar surface area (TPSA) is 55.4 Å². The van der Waals surface area contributed by atoms with Gasteiger partial charge in [0.2, 0.25) is 0 Å². The van der Waals surface area contributed by atoms with Crippen molar-refractivity contribution in [2.45, 2.75) is 51.4 Å². The van der Waals surface area contributed by atoms with Crippen LogP contribution in [0.2, 0.25) is 0 Å². The number of hydrogen-bond donors (Lipinski definition) is 1. The van der Waals surface area contributed by atoms with Gasteiger partial charge in [0.1, 0.15) is 0 Å². The molecule has 0 bridgehead atoms. The van der Waals surface area contributed by atoms with Crippen molar-refractivity contribution in [3.63, 3.8) is 0 Å². The molecule has 0 unspecified atom stereocenters. The predicted octanol–water partition coefficient (Wildman–Crippen LogP) is 3.51. The van der Waals surface area contributed by atoms with Gasteiger partial charge in [0, 0.05) is 6.54 Å². The lowest BCUT2D eigenvalue weighted by atomic mass is 9.85. The van der Waals surface area contributed by atoms with Gasteiger partial charge in [-0.2, -0.15) is 0 Å². The van der Waals surface area contributed by atoms with Gasteiger partial charge in [-0.15, -0.1) is 0 Å². The first-order valence-corrected chi connectivity index (χ1v) is 8.67. The van der Waals surface area contributed by atoms with Crippen molar-refractivity contribution in [3.05, 3.63) is 47.5 Å². The summed E-state index contributed by atoms with van der Waals surface area (Å²) in [5, 5.41) is 2.82. The molecule has 0 fully saturated rings. The fraction of sp³-hybridized carbons (Fsp3) is 0.500. The minimum Gasteiger partial charge on any atom is -0.455 e. The molecule has 0 saturated carbocycles. The summed E-state index contributed by atoms with van der Waals surface area (Å²) >= 11 is 0. The summed E-state index contributed by atoms with van der Waals surface area (Å²) in [4.78, 5) is 24.1. The fourth-order valence-corrected chi connectivity index (χ4v) is 2.83. The number of esters is 1. The van der Waals surface area contributed by atoms with Crippen LogP contribution in [0, 0.1) is 0 Å². The molecule has 1 aromatic carbocycles. The molecular weight excluding hydrogens is 302 g/mol. The molecule has 1 N–H and O–H groups in total. The molecular formula is C20H27NO3. The molecule has 0 aliphatic heterocycles. The SMILES string of the molecule is CC(C)(C(=O)OCC(=O)NCCC1=CCCCC1)c1ccccc1. The summed E-state index contributed by atoms with van der Waals surface area (Å²) in [6, 6.07) is 9.45. The van der Waals surface area contributed by atoms with E-state index in [2.05, 4.69) is 11.4 Å². The molecule has 4 nitrogen and oxygen atoms in total. The number of allylic oxidation sites excluding steroid dienone is 1. The van der Waals surface area contributed by atoms with E-state index in [1.807, 2.05) is 30.3 Å². The third-order valence-electron chi connectivity index (χ3n) is 4.49. The number of rotatable bonds is 7. The maximum Gasteiger partial charge on any atom is 0.316 e. The molecule has 1 aromatic rings. The zero-order chi connectivity index (χ0) is 17.4. The minimum atomic E-state index is -0.769. The largest absolute Gasteiger partial charge is 0.455 e. The van der Waals surface area contributed by atoms with Crippen molar-refractivity contribution in [1.29, 1.82) is 0 Å². The van der Waals surface area contributed by atoms with E-state index >= 15 is 0 Å². The summed E-state index contributed by atoms with van der Waals surface area (Å²) in [5.41, 5.74) is 1.53. The third kappa shape index (κ3) is 5.22. The number of carbonyl (C=O) groups excluding carboxylic acids is 2. The smallest absolute Gasteiger partial charge is 0.316 e. The van der Waals surface area contributed by atoms with E-state index in [4.69, 9.17) is 4.74 Å². The third-order valence-corrected chi connectivity index (χ3v) is 4.49. The molecule has 0 heterocycles. The van der Waals surface area contributed by atoms with Crippen molar-refractivity contribution in [2.24, 2.45) is 0 Å². The van der Waals surface area contributed by atoms with Crippen LogP contribution in [0.25, 0.3) is 0 Å². The Labute approximate surface area is 144 Å². The van der Waals surface area contributed by atoms with Gasteiger partial charge in [0.15, 0.2) is 6.61 Å². The van der Waals surface area contributed by atoms with Crippen LogP contribution in [0.5, 0.6) is 0 Å². The Kier molecular flexibility index (Phi) is 6.59. The fourth-order valence-electron chi connectivity index (χ4n) is 2.83. The Hall–Kier alpha value is -2.10. The second kappa shape index (κ2) is 8.67. The first kappa shape index (κ1) is 18.2. The summed E-state index contributed by atoms with van der Waals surface area (Å²) in [6.07, 6.45) is 7.95. The van der Waals surface area contributed by atoms with Crippen LogP contribution in [-0.4, -0.2) is 25.0 Å². The van der Waals surface area contributed by atoms with Crippen molar-refractivity contribution < 1.29 is 14.3 Å². The highest BCUT2D eigenvalue weighted by atomic mass is 16.5. The number of carbonyl (C=O) groups is 2. The molecule has 1 aliphatic carbocycles. The van der Waals surface area contributed by atoms with Gasteiger partial charge >= 0.3 is 5.97 Å². The highest BCUT2D eigenvalue weighted by molar-refractivity contribution is 5.85. The first-order chi connectivity index (χ1) is 11.5. The van der Waals surface area contributed by atoms with Gasteiger partial charge in [0.25, 0.3) is 5.91 Å². The normalized spacial score (nSPS) is 14.7. The van der Waals surface area contributed by atoms with E-state index in [0.29, 0.717) is 6.54 Å². The second-order valence-corrected chi connectivity index (χ2v) is 6.78. The van der Waals surface area contributed by atoms with Crippen molar-refractivity contribution in [2.75, 3.05) is 13.2 Å². The Morgan fingerprint density at radius 1 is 1.17 bits per heavy atom. The van der Waals surface area contributed by atoms with Crippen LogP contribution >= 0.6 is 0 Å². The zero-order valence-electron chi connectivity index (χ0n) is 14.6. The molecule has 130 valence electrons. The molecule has 2 rings (SSSR count). The van der Waals surface area contributed by atoms with Crippen LogP contribution in [0.15, 0.2) is 42.0 Å². The second-order valence-electron chi connectivity index (χ2n) is 6.78. The predicted molar refractivity (Wildman–Crippen MR) is 94.6 cm³/mol. The number of nitrogens with one attached hydrogen (secondary N) is 1. The number of amides is 1. The van der Waals surface area contributed by atoms with Gasteiger partial charge in [-0.3, -0.25) is 9.59 Å². The number of benzene rings is 1. The molecule has 0 spiro atoms. The van der Waals surface area contributed by atoms with Gasteiger partial charge < -0.3 is 10.1 Å². The van der Waals surface area contributed by atoms with Crippen molar-refractivity contribution >= 4 is 11.9 Å². The van der Waals surface area contributed by atoms with Crippen LogP contribution in [0.3, 0.4) is 0 Å². The highest BCUT2D eigenvalue weighted by Crippen LogP contribution is 2.24. The lowest BCUT2D eigenvalue weighted by molar-refractivity contribution is -0.153. The molecule has 0 saturated heterocycles. The molecule has 4 heteroatoms. The first-order valence-electron chi connectivity index (χ1n) is 8.67. The lowest BCUT2D eigenvalue weighted by Gasteiger charge is -2.22. The van der Waals surface area contributed by atoms with Crippen molar-refractivity contribution in [1.82, 2.24) is 5.32 Å². The maximum atomic E-state index is 12.3. The van der Waals surface area contributed by atoms with Crippen molar-refractivity contribution in [3.8, 4) is 0 Å². The Morgan fingerprint density at radius 3 is 2.58 bits per heavy atom. The Balaban J connectivity index is 1.72. The van der Waals surface area contributed by atoms with Gasteiger partial charge in [-0.1, -0.05) is 42.0 Å². The monoisotopic (exact) mass is 329 g/mol. The van der Waals surface area contributed by atoms with E-state index in [-0.39, 0.29) is 18.5 Å². The van der Waals surface area contributed by atoms with Crippen LogP contribution in [0.4, 0.5) is 0 Å². The summed E-state index contributed by atoms with van der Waals surface area (Å²) < 4.78 is 5.20. The molecule has 0 radical (unpaired) electrons. The van der Waals surface area contributed by atoms with E-state index in [9.17, 15) is 9.59 Å². The molecule has 1 aliphatic rings. The number of hydrogen-bond acceptors (Lipinski definition) is 3. The quantitative estimate of drug-likeness (QED) is 0.615. The van der Waals surface area contributed by atoms with E-state index in [0.717, 1.165) is 24.8 Å². The van der Waals surface area contributed by atoms with Crippen LogP contribution < -0.4 is 5.32 Å². The Morgan fingerprint density at radius 2 is 1.92 bits per heavy atom. The average Bonchev–Trinajstić information content (AvgIpc) is 2.61. The summed E-state index contributed by atoms with van der Waals surface area (Å²) in [6.45, 7) is 3.98. The molecule has 24 heavy (non-hydrogen) atoms. The zero-order valence-corrected chi connectivity index (χ0v) is 14.6. The van der Waals surface area contributed by atoms with Gasteiger partial charge in [-0.25, -0.2) is 0 Å². The summed E-state index contributed by atoms with van der Waals surface area (Å²) in [5.74, 6) is -0.637. The minimum absolute atomic E-state index is 0.228. The molecule has 1 amide bonds. The van der Waals surface area contributed by atoms with Crippen LogP contribution in [-0.2, 0) is 19.7 Å². The Bertz CT molecular complexity index is 590. The number of ether oxygens (including phenoxy) is 1. The maximum absolute atomic E-state index is 12.3. The summed E-state index contributed by atoms with van der Waals surface area (Å²) in [7, 11) is 0. The van der Waals surface area contributed by atoms with Gasteiger partial charge in [-0.05, 0) is 51.5 Å². The standard InChI is InChI=1S/C20H27NO3/c1-20(2,17-11-7-4-8-12-17)19(23)24-15-18(22)21-14-13-16-9-5-3-6-10-16/h4,7-9,11-12H,3,5-6,10,13-15H2,1-2H3,(H,21,22). The van der Waals surface area contributed by atoms with Gasteiger partial charge in [0.05, 0.1) is 5.41 Å². The van der Waals surface area contributed by atoms with E-state index < -0.39 is 5.41 Å². The molecule has 0 atom stereocenters. The van der Waals surface area contributed by atoms with E-state index in [1.54, 1.807) is 13.8 Å². The highest BCUT2D eigenvalue weighted by Gasteiger charge is 2.31. The lowest BCUT2D eigenvalue weighted by Crippen LogP contribution is -2.35. The average molecular weight is 329 g/mol. The van der Waals surface area contributed by atoms with E-state index in [1.165, 1.54) is 18.4 Å². The van der Waals surface area contributed by atoms with Crippen LogP contribution in [0.1, 0.15) is 51.5 Å². The molecule has 0 aromatic heterocycles.